The van der Waals surface area contributed by atoms with E-state index in [1.165, 1.54) is 24.3 Å². The molecule has 0 aliphatic carbocycles. The van der Waals surface area contributed by atoms with E-state index in [4.69, 9.17) is 11.6 Å². The number of nitrogens with zero attached hydrogens (tertiary/aromatic N) is 3. The number of nitrogens with one attached hydrogen (secondary N) is 2. The lowest BCUT2D eigenvalue weighted by molar-refractivity contribution is -0.696. The number of urea groups is 1. The number of pyridine rings is 1. The Hall–Kier alpha value is -3.52. The third-order valence-electron chi connectivity index (χ3n) is 6.40. The molecule has 4 rings (SSSR count). The third-order valence-corrected chi connectivity index (χ3v) is 9.19. The summed E-state index contributed by atoms with van der Waals surface area (Å²) in [6.45, 7) is 3.27. The maximum Gasteiger partial charge on any atom is 0.324 e. The standard InChI is InChI=1S/C26H28ClN5O6S2/c1-2-18-20(32-16-15-31(26(32)36)14-13-30-11-4-3-5-12-30)7-6-8-22(18)40(37,38)29-19(25(34)35)17-28-24(33)21-9-10-23(27)39-21/h3-12,19,29H,2,13-17H2,1H3,(H-,28,33,34,35)/p+1/t19-/m0/s1. The van der Waals surface area contributed by atoms with Gasteiger partial charge in [0.2, 0.25) is 10.0 Å². The number of anilines is 1. The van der Waals surface area contributed by atoms with Gasteiger partial charge in [-0.25, -0.2) is 17.8 Å². The molecule has 3 N–H and O–H groups in total. The van der Waals surface area contributed by atoms with E-state index in [1.54, 1.807) is 22.8 Å². The van der Waals surface area contributed by atoms with Crippen molar-refractivity contribution in [3.63, 3.8) is 0 Å². The molecule has 212 valence electrons. The highest BCUT2D eigenvalue weighted by Gasteiger charge is 2.34. The van der Waals surface area contributed by atoms with Crippen molar-refractivity contribution in [2.45, 2.75) is 30.8 Å². The lowest BCUT2D eigenvalue weighted by Gasteiger charge is -2.23. The molecule has 0 bridgehead atoms. The van der Waals surface area contributed by atoms with E-state index in [9.17, 15) is 27.9 Å². The molecule has 1 aliphatic rings. The van der Waals surface area contributed by atoms with Crippen LogP contribution in [-0.2, 0) is 27.8 Å². The predicted molar refractivity (Wildman–Crippen MR) is 150 cm³/mol. The van der Waals surface area contributed by atoms with E-state index >= 15 is 0 Å². The maximum absolute atomic E-state index is 13.4. The van der Waals surface area contributed by atoms with E-state index in [2.05, 4.69) is 10.0 Å². The molecule has 1 aromatic carbocycles. The van der Waals surface area contributed by atoms with Crippen molar-refractivity contribution in [3.8, 4) is 0 Å². The van der Waals surface area contributed by atoms with E-state index in [-0.39, 0.29) is 22.2 Å². The molecule has 0 spiro atoms. The van der Waals surface area contributed by atoms with Crippen LogP contribution in [-0.4, -0.2) is 68.6 Å². The molecule has 0 radical (unpaired) electrons. The van der Waals surface area contributed by atoms with Crippen LogP contribution in [0.4, 0.5) is 10.5 Å². The number of carboxylic acids is 1. The Labute approximate surface area is 241 Å². The molecular weight excluding hydrogens is 578 g/mol. The van der Waals surface area contributed by atoms with Gasteiger partial charge in [-0.05, 0) is 36.2 Å². The van der Waals surface area contributed by atoms with E-state index in [0.717, 1.165) is 11.3 Å². The molecule has 11 nitrogen and oxygen atoms in total. The number of sulfonamides is 1. The summed E-state index contributed by atoms with van der Waals surface area (Å²) in [6, 6.07) is 11.5. The average molecular weight is 607 g/mol. The van der Waals surface area contributed by atoms with Crippen molar-refractivity contribution >= 4 is 56.6 Å². The summed E-state index contributed by atoms with van der Waals surface area (Å²) in [7, 11) is -4.34. The zero-order valence-corrected chi connectivity index (χ0v) is 24.0. The molecule has 0 unspecified atom stereocenters. The summed E-state index contributed by atoms with van der Waals surface area (Å²) in [5, 5.41) is 12.1. The highest BCUT2D eigenvalue weighted by Crippen LogP contribution is 2.30. The number of carbonyl (C=O) groups excluding carboxylic acids is 2. The number of amides is 3. The average Bonchev–Trinajstić information content (AvgIpc) is 3.54. The molecule has 0 saturated carbocycles. The first-order valence-electron chi connectivity index (χ1n) is 12.5. The molecule has 3 amide bonds. The summed E-state index contributed by atoms with van der Waals surface area (Å²) >= 11 is 6.86. The van der Waals surface area contributed by atoms with Gasteiger partial charge in [0.15, 0.2) is 18.9 Å². The minimum absolute atomic E-state index is 0.124. The highest BCUT2D eigenvalue weighted by molar-refractivity contribution is 7.89. The third kappa shape index (κ3) is 6.78. The Morgan fingerprint density at radius 3 is 2.52 bits per heavy atom. The van der Waals surface area contributed by atoms with Crippen LogP contribution in [0.15, 0.2) is 65.8 Å². The molecule has 1 atom stereocenters. The largest absolute Gasteiger partial charge is 0.480 e. The van der Waals surface area contributed by atoms with Crippen LogP contribution < -0.4 is 19.5 Å². The number of carboxylic acid groups (broad SMARTS) is 1. The molecule has 1 aliphatic heterocycles. The number of rotatable bonds is 12. The number of thiophene rings is 1. The normalized spacial score (nSPS) is 14.4. The Balaban J connectivity index is 1.49. The first-order valence-corrected chi connectivity index (χ1v) is 15.2. The van der Waals surface area contributed by atoms with Crippen LogP contribution in [0.3, 0.4) is 0 Å². The number of aromatic nitrogens is 1. The minimum atomic E-state index is -4.34. The van der Waals surface area contributed by atoms with E-state index < -0.39 is 34.5 Å². The van der Waals surface area contributed by atoms with Crippen molar-refractivity contribution in [2.24, 2.45) is 0 Å². The summed E-state index contributed by atoms with van der Waals surface area (Å²) in [4.78, 5) is 40.9. The summed E-state index contributed by atoms with van der Waals surface area (Å²) in [5.74, 6) is -2.02. The summed E-state index contributed by atoms with van der Waals surface area (Å²) in [6.07, 6.45) is 4.12. The van der Waals surface area contributed by atoms with Crippen LogP contribution in [0.5, 0.6) is 0 Å². The molecule has 2 aromatic heterocycles. The van der Waals surface area contributed by atoms with Crippen molar-refractivity contribution in [1.29, 1.82) is 0 Å². The zero-order valence-electron chi connectivity index (χ0n) is 21.6. The fraction of sp³-hybridized carbons (Fsp3) is 0.308. The molecule has 3 aromatic rings. The van der Waals surface area contributed by atoms with Gasteiger partial charge in [-0.15, -0.1) is 11.3 Å². The SMILES string of the molecule is CCc1c(N2CCN(CC[n+]3ccccc3)C2=O)cccc1S(=O)(=O)N[C@@H](CNC(=O)c1ccc(Cl)s1)C(=O)O. The van der Waals surface area contributed by atoms with Crippen LogP contribution >= 0.6 is 22.9 Å². The smallest absolute Gasteiger partial charge is 0.324 e. The molecule has 40 heavy (non-hydrogen) atoms. The number of hydrogen-bond donors (Lipinski definition) is 3. The van der Waals surface area contributed by atoms with Crippen molar-refractivity contribution < 1.29 is 32.5 Å². The molecule has 1 fully saturated rings. The van der Waals surface area contributed by atoms with Crippen molar-refractivity contribution in [1.82, 2.24) is 14.9 Å². The fourth-order valence-electron chi connectivity index (χ4n) is 4.40. The van der Waals surface area contributed by atoms with Gasteiger partial charge in [-0.3, -0.25) is 14.5 Å². The van der Waals surface area contributed by atoms with Crippen molar-refractivity contribution in [3.05, 3.63) is 75.7 Å². The second-order valence-electron chi connectivity index (χ2n) is 8.97. The van der Waals surface area contributed by atoms with Gasteiger partial charge in [0, 0.05) is 31.8 Å². The second-order valence-corrected chi connectivity index (χ2v) is 12.4. The summed E-state index contributed by atoms with van der Waals surface area (Å²) < 4.78 is 31.4. The molecule has 3 heterocycles. The van der Waals surface area contributed by atoms with Gasteiger partial charge in [0.25, 0.3) is 5.91 Å². The lowest BCUT2D eigenvalue weighted by Crippen LogP contribution is -2.48. The first kappa shape index (κ1) is 29.5. The van der Waals surface area contributed by atoms with Crippen LogP contribution in [0.2, 0.25) is 4.34 Å². The molecule has 1 saturated heterocycles. The van der Waals surface area contributed by atoms with Gasteiger partial charge >= 0.3 is 12.0 Å². The number of hydrogen-bond acceptors (Lipinski definition) is 6. The highest BCUT2D eigenvalue weighted by atomic mass is 35.5. The topological polar surface area (TPSA) is 140 Å². The number of halogens is 1. The number of carbonyl (C=O) groups is 3. The van der Waals surface area contributed by atoms with Gasteiger partial charge < -0.3 is 15.3 Å². The Kier molecular flexibility index (Phi) is 9.40. The van der Waals surface area contributed by atoms with E-state index in [1.807, 2.05) is 35.2 Å². The van der Waals surface area contributed by atoms with Gasteiger partial charge in [-0.2, -0.15) is 4.72 Å². The fourth-order valence-corrected chi connectivity index (χ4v) is 6.87. The zero-order chi connectivity index (χ0) is 28.9. The van der Waals surface area contributed by atoms with Crippen LogP contribution in [0.25, 0.3) is 0 Å². The van der Waals surface area contributed by atoms with E-state index in [0.29, 0.717) is 41.8 Å². The number of benzene rings is 1. The molecule has 14 heteroatoms. The van der Waals surface area contributed by atoms with Gasteiger partial charge in [0.1, 0.15) is 6.04 Å². The lowest BCUT2D eigenvalue weighted by atomic mass is 10.1. The second kappa shape index (κ2) is 12.8. The number of aliphatic carboxylic acids is 1. The Bertz CT molecular complexity index is 1500. The Morgan fingerprint density at radius 1 is 1.12 bits per heavy atom. The quantitative estimate of drug-likeness (QED) is 0.271. The van der Waals surface area contributed by atoms with Crippen molar-refractivity contribution in [2.75, 3.05) is 31.1 Å². The Morgan fingerprint density at radius 2 is 1.88 bits per heavy atom. The van der Waals surface area contributed by atoms with Gasteiger partial charge in [0.05, 0.1) is 26.3 Å². The van der Waals surface area contributed by atoms with Gasteiger partial charge in [-0.1, -0.05) is 30.7 Å². The first-order chi connectivity index (χ1) is 19.1. The monoisotopic (exact) mass is 606 g/mol. The minimum Gasteiger partial charge on any atom is -0.480 e. The maximum atomic E-state index is 13.4. The van der Waals surface area contributed by atoms with Crippen LogP contribution in [0.1, 0.15) is 22.2 Å². The van der Waals surface area contributed by atoms with Crippen LogP contribution in [0, 0.1) is 0 Å². The molecular formula is C26H29ClN5O6S2+. The predicted octanol–water partition coefficient (Wildman–Crippen LogP) is 2.36. The summed E-state index contributed by atoms with van der Waals surface area (Å²) in [5.41, 5.74) is 0.851.